The second-order valence-corrected chi connectivity index (χ2v) is 6.07. The molecule has 0 heterocycles. The first-order valence-corrected chi connectivity index (χ1v) is 6.35. The van der Waals surface area contributed by atoms with E-state index in [0.29, 0.717) is 0 Å². The molecule has 0 saturated heterocycles. The summed E-state index contributed by atoms with van der Waals surface area (Å²) in [5.41, 5.74) is 0.803. The van der Waals surface area contributed by atoms with Crippen LogP contribution in [0.4, 0.5) is 0 Å². The molecule has 1 aromatic carbocycles. The number of carbonyl (C=O) groups is 1. The quantitative estimate of drug-likeness (QED) is 0.630. The van der Waals surface area contributed by atoms with E-state index >= 15 is 0 Å². The van der Waals surface area contributed by atoms with Crippen LogP contribution in [0.25, 0.3) is 0 Å². The topological polar surface area (TPSA) is 35.5 Å². The molecule has 0 spiro atoms. The highest BCUT2D eigenvalue weighted by molar-refractivity contribution is 6.68. The molecule has 0 amide bonds. The maximum absolute atomic E-state index is 11.6. The zero-order chi connectivity index (χ0) is 13.8. The van der Waals surface area contributed by atoms with E-state index in [4.69, 9.17) is 44.3 Å². The molecule has 0 N–H and O–H groups in total. The summed E-state index contributed by atoms with van der Waals surface area (Å²) in [6, 6.07) is 7.09. The van der Waals surface area contributed by atoms with E-state index in [-0.39, 0.29) is 6.42 Å². The van der Waals surface area contributed by atoms with Crippen LogP contribution in [0.5, 0.6) is 5.75 Å². The van der Waals surface area contributed by atoms with E-state index in [0.717, 1.165) is 11.3 Å². The van der Waals surface area contributed by atoms with Gasteiger partial charge in [-0.25, -0.2) is 0 Å². The normalized spacial score (nSPS) is 12.9. The molecule has 0 fully saturated rings. The van der Waals surface area contributed by atoms with Gasteiger partial charge < -0.3 is 9.47 Å². The number of alkyl halides is 3. The molecule has 18 heavy (non-hydrogen) atoms. The second-order valence-electron chi connectivity index (χ2n) is 3.70. The van der Waals surface area contributed by atoms with Crippen LogP contribution in [0.1, 0.15) is 12.5 Å². The lowest BCUT2D eigenvalue weighted by molar-refractivity contribution is -0.147. The molecule has 1 atom stereocenters. The minimum Gasteiger partial charge on any atom is -0.497 e. The third-order valence-corrected chi connectivity index (χ3v) is 3.20. The molecule has 3 nitrogen and oxygen atoms in total. The Morgan fingerprint density at radius 3 is 2.28 bits per heavy atom. The van der Waals surface area contributed by atoms with Crippen LogP contribution >= 0.6 is 34.8 Å². The number of esters is 1. The molecule has 100 valence electrons. The number of methoxy groups -OCH3 is 1. The Balaban J connectivity index is 2.54. The lowest BCUT2D eigenvalue weighted by atomic mass is 10.1. The van der Waals surface area contributed by atoms with Crippen molar-refractivity contribution in [2.24, 2.45) is 0 Å². The van der Waals surface area contributed by atoms with E-state index in [1.165, 1.54) is 6.92 Å². The zero-order valence-corrected chi connectivity index (χ0v) is 12.2. The molecule has 0 aliphatic heterocycles. The fourth-order valence-electron chi connectivity index (χ4n) is 1.22. The third kappa shape index (κ3) is 4.92. The Morgan fingerprint density at radius 2 is 1.83 bits per heavy atom. The van der Waals surface area contributed by atoms with Gasteiger partial charge in [0.25, 0.3) is 0 Å². The molecule has 0 aliphatic carbocycles. The molecule has 0 saturated carbocycles. The summed E-state index contributed by atoms with van der Waals surface area (Å²) in [5, 5.41) is 0. The molecular weight excluding hydrogens is 298 g/mol. The summed E-state index contributed by atoms with van der Waals surface area (Å²) in [5.74, 6) is 0.278. The van der Waals surface area contributed by atoms with Gasteiger partial charge in [0.05, 0.1) is 13.5 Å². The fourth-order valence-corrected chi connectivity index (χ4v) is 1.35. The first-order valence-electron chi connectivity index (χ1n) is 5.22. The Morgan fingerprint density at radius 1 is 1.28 bits per heavy atom. The number of ether oxygens (including phenoxy) is 2. The average molecular weight is 312 g/mol. The van der Waals surface area contributed by atoms with E-state index in [1.807, 2.05) is 0 Å². The van der Waals surface area contributed by atoms with Gasteiger partial charge in [0, 0.05) is 0 Å². The maximum atomic E-state index is 11.6. The van der Waals surface area contributed by atoms with Crippen LogP contribution in [0.3, 0.4) is 0 Å². The number of rotatable bonds is 4. The highest BCUT2D eigenvalue weighted by Gasteiger charge is 2.31. The number of hydrogen-bond donors (Lipinski definition) is 0. The van der Waals surface area contributed by atoms with E-state index in [9.17, 15) is 4.79 Å². The van der Waals surface area contributed by atoms with Crippen molar-refractivity contribution < 1.29 is 14.3 Å². The number of carbonyl (C=O) groups excluding carboxylic acids is 1. The van der Waals surface area contributed by atoms with Crippen molar-refractivity contribution in [3.63, 3.8) is 0 Å². The minimum absolute atomic E-state index is 0.120. The van der Waals surface area contributed by atoms with Crippen LogP contribution in [0, 0.1) is 0 Å². The van der Waals surface area contributed by atoms with Crippen LogP contribution in [-0.4, -0.2) is 23.0 Å². The standard InChI is InChI=1S/C12H13Cl3O3/c1-8(12(13,14)15)18-11(16)7-9-3-5-10(17-2)6-4-9/h3-6,8H,7H2,1-2H3/t8-/m0/s1. The predicted octanol–water partition coefficient (Wildman–Crippen LogP) is 3.54. The second kappa shape index (κ2) is 6.50. The largest absolute Gasteiger partial charge is 0.497 e. The zero-order valence-electron chi connectivity index (χ0n) is 9.95. The summed E-state index contributed by atoms with van der Waals surface area (Å²) >= 11 is 16.8. The van der Waals surface area contributed by atoms with E-state index < -0.39 is 15.9 Å². The first kappa shape index (κ1) is 15.4. The van der Waals surface area contributed by atoms with Crippen LogP contribution in [0.2, 0.25) is 0 Å². The molecule has 1 rings (SSSR count). The number of halogens is 3. The van der Waals surface area contributed by atoms with Gasteiger partial charge in [-0.3, -0.25) is 4.79 Å². The van der Waals surface area contributed by atoms with Crippen molar-refractivity contribution in [1.29, 1.82) is 0 Å². The highest BCUT2D eigenvalue weighted by Crippen LogP contribution is 2.32. The molecule has 0 aromatic heterocycles. The van der Waals surface area contributed by atoms with Gasteiger partial charge in [0.15, 0.2) is 0 Å². The lowest BCUT2D eigenvalue weighted by Crippen LogP contribution is -2.28. The lowest BCUT2D eigenvalue weighted by Gasteiger charge is -2.20. The number of benzene rings is 1. The average Bonchev–Trinajstić information content (AvgIpc) is 2.28. The molecule has 1 aromatic rings. The fraction of sp³-hybridized carbons (Fsp3) is 0.417. The van der Waals surface area contributed by atoms with Crippen molar-refractivity contribution in [3.05, 3.63) is 29.8 Å². The van der Waals surface area contributed by atoms with Crippen molar-refractivity contribution in [1.82, 2.24) is 0 Å². The van der Waals surface area contributed by atoms with Crippen LogP contribution in [0.15, 0.2) is 24.3 Å². The summed E-state index contributed by atoms with van der Waals surface area (Å²) < 4.78 is 8.41. The molecular formula is C12H13Cl3O3. The van der Waals surface area contributed by atoms with Crippen LogP contribution < -0.4 is 4.74 Å². The van der Waals surface area contributed by atoms with Crippen molar-refractivity contribution in [3.8, 4) is 5.75 Å². The molecule has 6 heteroatoms. The summed E-state index contributed by atoms with van der Waals surface area (Å²) in [4.78, 5) is 11.6. The van der Waals surface area contributed by atoms with Gasteiger partial charge in [-0.15, -0.1) is 0 Å². The van der Waals surface area contributed by atoms with Gasteiger partial charge in [-0.1, -0.05) is 46.9 Å². The van der Waals surface area contributed by atoms with Gasteiger partial charge in [0.1, 0.15) is 11.9 Å². The molecule has 0 aliphatic rings. The smallest absolute Gasteiger partial charge is 0.310 e. The summed E-state index contributed by atoms with van der Waals surface area (Å²) in [6.07, 6.45) is -0.678. The highest BCUT2D eigenvalue weighted by atomic mass is 35.6. The van der Waals surface area contributed by atoms with Crippen molar-refractivity contribution in [2.45, 2.75) is 23.2 Å². The summed E-state index contributed by atoms with van der Waals surface area (Å²) in [7, 11) is 1.58. The number of hydrogen-bond acceptors (Lipinski definition) is 3. The minimum atomic E-state index is -1.62. The molecule has 0 bridgehead atoms. The van der Waals surface area contributed by atoms with Crippen LogP contribution in [-0.2, 0) is 16.0 Å². The monoisotopic (exact) mass is 310 g/mol. The Hall–Kier alpha value is -0.640. The van der Waals surface area contributed by atoms with E-state index in [1.54, 1.807) is 31.4 Å². The van der Waals surface area contributed by atoms with Gasteiger partial charge >= 0.3 is 5.97 Å². The Kier molecular flexibility index (Phi) is 5.57. The van der Waals surface area contributed by atoms with Gasteiger partial charge in [-0.2, -0.15) is 0 Å². The predicted molar refractivity (Wildman–Crippen MR) is 72.5 cm³/mol. The first-order chi connectivity index (χ1) is 8.32. The van der Waals surface area contributed by atoms with Crippen molar-refractivity contribution in [2.75, 3.05) is 7.11 Å². The Bertz CT molecular complexity index is 398. The van der Waals surface area contributed by atoms with Crippen molar-refractivity contribution >= 4 is 40.8 Å². The maximum Gasteiger partial charge on any atom is 0.310 e. The van der Waals surface area contributed by atoms with E-state index in [2.05, 4.69) is 0 Å². The third-order valence-electron chi connectivity index (χ3n) is 2.28. The Labute approximate surface area is 121 Å². The SMILES string of the molecule is COc1ccc(CC(=O)O[C@@H](C)C(Cl)(Cl)Cl)cc1. The van der Waals surface area contributed by atoms with Gasteiger partial charge in [-0.05, 0) is 24.6 Å². The van der Waals surface area contributed by atoms with Gasteiger partial charge in [0.2, 0.25) is 3.79 Å². The summed E-state index contributed by atoms with van der Waals surface area (Å²) in [6.45, 7) is 1.53. The molecule has 0 unspecified atom stereocenters. The molecule has 0 radical (unpaired) electrons.